The Morgan fingerprint density at radius 2 is 1.79 bits per heavy atom. The maximum atomic E-state index is 8.37. The third-order valence-corrected chi connectivity index (χ3v) is 2.34. The van der Waals surface area contributed by atoms with Gasteiger partial charge in [0.2, 0.25) is 0 Å². The fourth-order valence-electron chi connectivity index (χ4n) is 1.18. The summed E-state index contributed by atoms with van der Waals surface area (Å²) in [5.74, 6) is 0. The van der Waals surface area contributed by atoms with Crippen LogP contribution in [0.4, 0.5) is 0 Å². The predicted octanol–water partition coefficient (Wildman–Crippen LogP) is 4.37. The second-order valence-electron chi connectivity index (χ2n) is 3.69. The number of unbranched alkanes of at least 4 members (excludes halogenated alkanes) is 1. The van der Waals surface area contributed by atoms with E-state index in [2.05, 4.69) is 39.0 Å². The SMILES string of the molecule is CC/C(C)=C/CC/C(C)=C/CCC#N. The molecule has 0 saturated heterocycles. The van der Waals surface area contributed by atoms with Gasteiger partial charge in [-0.1, -0.05) is 30.2 Å². The highest BCUT2D eigenvalue weighted by molar-refractivity contribution is 5.03. The lowest BCUT2D eigenvalue weighted by atomic mass is 10.1. The summed E-state index contributed by atoms with van der Waals surface area (Å²) in [6.07, 6.45) is 9.44. The lowest BCUT2D eigenvalue weighted by Crippen LogP contribution is -1.78. The lowest BCUT2D eigenvalue weighted by molar-refractivity contribution is 0.929. The quantitative estimate of drug-likeness (QED) is 0.451. The highest BCUT2D eigenvalue weighted by Crippen LogP contribution is 2.09. The average molecular weight is 191 g/mol. The minimum atomic E-state index is 0.640. The van der Waals surface area contributed by atoms with E-state index < -0.39 is 0 Å². The Hall–Kier alpha value is -1.03. The first-order chi connectivity index (χ1) is 6.70. The van der Waals surface area contributed by atoms with E-state index in [-0.39, 0.29) is 0 Å². The molecule has 0 aliphatic carbocycles. The van der Waals surface area contributed by atoms with Gasteiger partial charge in [0.15, 0.2) is 0 Å². The van der Waals surface area contributed by atoms with E-state index >= 15 is 0 Å². The van der Waals surface area contributed by atoms with Crippen molar-refractivity contribution in [3.05, 3.63) is 23.3 Å². The molecule has 0 saturated carbocycles. The molecule has 0 radical (unpaired) electrons. The first-order valence-corrected chi connectivity index (χ1v) is 5.39. The zero-order valence-electron chi connectivity index (χ0n) is 9.64. The molecule has 1 heteroatoms. The van der Waals surface area contributed by atoms with Crippen LogP contribution >= 0.6 is 0 Å². The van der Waals surface area contributed by atoms with Gasteiger partial charge in [0, 0.05) is 6.42 Å². The van der Waals surface area contributed by atoms with E-state index in [0.29, 0.717) is 6.42 Å². The van der Waals surface area contributed by atoms with E-state index in [1.807, 2.05) is 0 Å². The summed E-state index contributed by atoms with van der Waals surface area (Å²) < 4.78 is 0. The van der Waals surface area contributed by atoms with Crippen molar-refractivity contribution in [2.75, 3.05) is 0 Å². The number of allylic oxidation sites excluding steroid dienone is 4. The van der Waals surface area contributed by atoms with E-state index in [9.17, 15) is 0 Å². The molecule has 0 fully saturated rings. The van der Waals surface area contributed by atoms with Gasteiger partial charge >= 0.3 is 0 Å². The third kappa shape index (κ3) is 7.61. The van der Waals surface area contributed by atoms with Crippen LogP contribution in [0.25, 0.3) is 0 Å². The molecule has 0 N–H and O–H groups in total. The maximum absolute atomic E-state index is 8.37. The number of hydrogen-bond acceptors (Lipinski definition) is 1. The summed E-state index contributed by atoms with van der Waals surface area (Å²) in [5, 5.41) is 8.37. The van der Waals surface area contributed by atoms with Crippen molar-refractivity contribution < 1.29 is 0 Å². The molecule has 0 spiro atoms. The van der Waals surface area contributed by atoms with Gasteiger partial charge in [0.25, 0.3) is 0 Å². The van der Waals surface area contributed by atoms with Gasteiger partial charge in [-0.25, -0.2) is 0 Å². The van der Waals surface area contributed by atoms with E-state index in [1.54, 1.807) is 0 Å². The van der Waals surface area contributed by atoms with E-state index in [0.717, 1.165) is 25.7 Å². The van der Waals surface area contributed by atoms with Crippen LogP contribution in [-0.2, 0) is 0 Å². The molecular weight excluding hydrogens is 170 g/mol. The van der Waals surface area contributed by atoms with Crippen LogP contribution in [0.2, 0.25) is 0 Å². The molecule has 14 heavy (non-hydrogen) atoms. The Labute approximate surface area is 88.1 Å². The second kappa shape index (κ2) is 8.56. The topological polar surface area (TPSA) is 23.8 Å². The van der Waals surface area contributed by atoms with Crippen LogP contribution < -0.4 is 0 Å². The van der Waals surface area contributed by atoms with Gasteiger partial charge in [-0.05, 0) is 39.5 Å². The molecule has 0 aromatic heterocycles. The number of nitriles is 1. The fourth-order valence-corrected chi connectivity index (χ4v) is 1.18. The molecule has 0 aromatic carbocycles. The summed E-state index contributed by atoms with van der Waals surface area (Å²) in [7, 11) is 0. The first kappa shape index (κ1) is 13.0. The summed E-state index contributed by atoms with van der Waals surface area (Å²) >= 11 is 0. The predicted molar refractivity (Wildman–Crippen MR) is 61.9 cm³/mol. The molecule has 0 heterocycles. The Morgan fingerprint density at radius 3 is 2.36 bits per heavy atom. The summed E-state index contributed by atoms with van der Waals surface area (Å²) in [6.45, 7) is 6.50. The number of nitrogens with zero attached hydrogens (tertiary/aromatic N) is 1. The fraction of sp³-hybridized carbons (Fsp3) is 0.615. The third-order valence-electron chi connectivity index (χ3n) is 2.34. The molecule has 0 amide bonds. The molecular formula is C13H21N. The van der Waals surface area contributed by atoms with Crippen LogP contribution in [-0.4, -0.2) is 0 Å². The normalized spacial score (nSPS) is 12.7. The average Bonchev–Trinajstić information content (AvgIpc) is 2.18. The van der Waals surface area contributed by atoms with Crippen molar-refractivity contribution in [3.8, 4) is 6.07 Å². The van der Waals surface area contributed by atoms with Crippen molar-refractivity contribution in [2.45, 2.75) is 52.9 Å². The van der Waals surface area contributed by atoms with Crippen LogP contribution in [0, 0.1) is 11.3 Å². The highest BCUT2D eigenvalue weighted by atomic mass is 14.2. The zero-order chi connectivity index (χ0) is 10.8. The van der Waals surface area contributed by atoms with Crippen molar-refractivity contribution in [2.24, 2.45) is 0 Å². The van der Waals surface area contributed by atoms with Gasteiger partial charge in [-0.15, -0.1) is 0 Å². The molecule has 0 unspecified atom stereocenters. The first-order valence-electron chi connectivity index (χ1n) is 5.39. The molecule has 0 aromatic rings. The Kier molecular flexibility index (Phi) is 7.93. The number of rotatable bonds is 6. The van der Waals surface area contributed by atoms with Gasteiger partial charge in [-0.2, -0.15) is 5.26 Å². The summed E-state index contributed by atoms with van der Waals surface area (Å²) in [4.78, 5) is 0. The molecule has 0 bridgehead atoms. The van der Waals surface area contributed by atoms with Crippen LogP contribution in [0.15, 0.2) is 23.3 Å². The minimum Gasteiger partial charge on any atom is -0.198 e. The maximum Gasteiger partial charge on any atom is 0.0625 e. The highest BCUT2D eigenvalue weighted by Gasteiger charge is 1.89. The summed E-state index contributed by atoms with van der Waals surface area (Å²) in [5.41, 5.74) is 2.87. The van der Waals surface area contributed by atoms with Crippen LogP contribution in [0.3, 0.4) is 0 Å². The molecule has 0 rings (SSSR count). The van der Waals surface area contributed by atoms with Crippen molar-refractivity contribution in [1.29, 1.82) is 5.26 Å². The van der Waals surface area contributed by atoms with Crippen molar-refractivity contribution >= 4 is 0 Å². The van der Waals surface area contributed by atoms with E-state index in [4.69, 9.17) is 5.26 Å². The second-order valence-corrected chi connectivity index (χ2v) is 3.69. The smallest absolute Gasteiger partial charge is 0.0625 e. The van der Waals surface area contributed by atoms with Gasteiger partial charge < -0.3 is 0 Å². The Bertz CT molecular complexity index is 240. The van der Waals surface area contributed by atoms with E-state index in [1.165, 1.54) is 11.1 Å². The largest absolute Gasteiger partial charge is 0.198 e. The van der Waals surface area contributed by atoms with Crippen LogP contribution in [0.1, 0.15) is 52.9 Å². The Morgan fingerprint density at radius 1 is 1.14 bits per heavy atom. The molecule has 0 aliphatic rings. The van der Waals surface area contributed by atoms with Gasteiger partial charge in [0.05, 0.1) is 6.07 Å². The zero-order valence-corrected chi connectivity index (χ0v) is 9.64. The van der Waals surface area contributed by atoms with Gasteiger partial charge in [-0.3, -0.25) is 0 Å². The lowest BCUT2D eigenvalue weighted by Gasteiger charge is -1.98. The molecule has 78 valence electrons. The van der Waals surface area contributed by atoms with Gasteiger partial charge in [0.1, 0.15) is 0 Å². The molecule has 1 nitrogen and oxygen atoms in total. The molecule has 0 atom stereocenters. The summed E-state index contributed by atoms with van der Waals surface area (Å²) in [6, 6.07) is 2.15. The Balaban J connectivity index is 3.68. The van der Waals surface area contributed by atoms with Crippen molar-refractivity contribution in [3.63, 3.8) is 0 Å². The molecule has 0 aliphatic heterocycles. The van der Waals surface area contributed by atoms with Crippen LogP contribution in [0.5, 0.6) is 0 Å². The monoisotopic (exact) mass is 191 g/mol. The van der Waals surface area contributed by atoms with Crippen molar-refractivity contribution in [1.82, 2.24) is 0 Å². The standard InChI is InChI=1S/C13H21N/c1-4-12(2)9-7-10-13(3)8-5-6-11-14/h8-9H,4-7,10H2,1-3H3/b12-9+,13-8+. The minimum absolute atomic E-state index is 0.640. The number of hydrogen-bond donors (Lipinski definition) is 0.